The second kappa shape index (κ2) is 6.87. The third-order valence-electron chi connectivity index (χ3n) is 3.91. The number of aromatic nitrogens is 1. The van der Waals surface area contributed by atoms with E-state index in [2.05, 4.69) is 4.98 Å². The van der Waals surface area contributed by atoms with Gasteiger partial charge < -0.3 is 14.5 Å². The lowest BCUT2D eigenvalue weighted by Crippen LogP contribution is -2.49. The standard InChI is InChI=1S/C17H19BF2NO3/c1-16(2,22)17(3,4)24-18-12-5-6-13(15(20)14(12)19)23-11-7-9-21-10-8-11/h5-10,22H,1-4H3. The predicted molar refractivity (Wildman–Crippen MR) is 87.5 cm³/mol. The average Bonchev–Trinajstić information content (AvgIpc) is 2.51. The minimum atomic E-state index is -1.16. The topological polar surface area (TPSA) is 51.6 Å². The van der Waals surface area contributed by atoms with Crippen LogP contribution in [0.15, 0.2) is 36.7 Å². The Morgan fingerprint density at radius 2 is 1.62 bits per heavy atom. The second-order valence-electron chi connectivity index (χ2n) is 6.37. The number of hydrogen-bond acceptors (Lipinski definition) is 4. The van der Waals surface area contributed by atoms with Crippen molar-refractivity contribution in [1.82, 2.24) is 4.98 Å². The fourth-order valence-electron chi connectivity index (χ4n) is 1.60. The van der Waals surface area contributed by atoms with Crippen molar-refractivity contribution in [2.24, 2.45) is 0 Å². The number of rotatable bonds is 6. The Kier molecular flexibility index (Phi) is 5.25. The van der Waals surface area contributed by atoms with Crippen molar-refractivity contribution in [2.75, 3.05) is 0 Å². The molecule has 4 nitrogen and oxygen atoms in total. The van der Waals surface area contributed by atoms with E-state index in [0.717, 1.165) is 7.48 Å². The summed E-state index contributed by atoms with van der Waals surface area (Å²) >= 11 is 0. The molecule has 0 unspecified atom stereocenters. The van der Waals surface area contributed by atoms with Crippen LogP contribution in [-0.2, 0) is 4.65 Å². The zero-order valence-electron chi connectivity index (χ0n) is 14.0. The van der Waals surface area contributed by atoms with Crippen molar-refractivity contribution in [3.63, 3.8) is 0 Å². The zero-order valence-corrected chi connectivity index (χ0v) is 14.0. The molecule has 24 heavy (non-hydrogen) atoms. The Morgan fingerprint density at radius 3 is 2.21 bits per heavy atom. The number of ether oxygens (including phenoxy) is 1. The summed E-state index contributed by atoms with van der Waals surface area (Å²) in [5.41, 5.74) is -2.22. The molecule has 127 valence electrons. The highest BCUT2D eigenvalue weighted by atomic mass is 19.2. The van der Waals surface area contributed by atoms with Crippen molar-refractivity contribution in [1.29, 1.82) is 0 Å². The molecule has 0 aliphatic carbocycles. The van der Waals surface area contributed by atoms with E-state index in [1.165, 1.54) is 36.7 Å². The van der Waals surface area contributed by atoms with Crippen LogP contribution in [0.2, 0.25) is 0 Å². The number of nitrogens with zero attached hydrogens (tertiary/aromatic N) is 1. The first-order valence-corrected chi connectivity index (χ1v) is 7.41. The van der Waals surface area contributed by atoms with Gasteiger partial charge in [-0.1, -0.05) is 6.07 Å². The zero-order chi connectivity index (χ0) is 18.0. The van der Waals surface area contributed by atoms with Gasteiger partial charge in [0.2, 0.25) is 5.82 Å². The van der Waals surface area contributed by atoms with Crippen LogP contribution < -0.4 is 10.2 Å². The maximum absolute atomic E-state index is 14.2. The van der Waals surface area contributed by atoms with E-state index in [-0.39, 0.29) is 11.2 Å². The van der Waals surface area contributed by atoms with Gasteiger partial charge >= 0.3 is 7.48 Å². The van der Waals surface area contributed by atoms with E-state index in [4.69, 9.17) is 9.39 Å². The summed E-state index contributed by atoms with van der Waals surface area (Å²) in [5, 5.41) is 10.0. The molecule has 2 rings (SSSR count). The normalized spacial score (nSPS) is 12.1. The maximum Gasteiger partial charge on any atom is 0.334 e. The molecule has 0 atom stereocenters. The van der Waals surface area contributed by atoms with E-state index in [1.54, 1.807) is 27.7 Å². The summed E-state index contributed by atoms with van der Waals surface area (Å²) in [5.74, 6) is -2.10. The molecule has 1 aromatic carbocycles. The van der Waals surface area contributed by atoms with Gasteiger partial charge in [-0.05, 0) is 51.4 Å². The molecule has 1 heterocycles. The van der Waals surface area contributed by atoms with Crippen LogP contribution in [0.4, 0.5) is 8.78 Å². The van der Waals surface area contributed by atoms with E-state index in [1.807, 2.05) is 0 Å². The first-order chi connectivity index (χ1) is 11.1. The summed E-state index contributed by atoms with van der Waals surface area (Å²) in [6, 6.07) is 5.72. The van der Waals surface area contributed by atoms with Gasteiger partial charge in [-0.3, -0.25) is 4.98 Å². The molecule has 1 N–H and O–H groups in total. The molecule has 1 aromatic heterocycles. The van der Waals surface area contributed by atoms with Gasteiger partial charge in [0.05, 0.1) is 11.2 Å². The molecule has 0 bridgehead atoms. The Balaban J connectivity index is 2.15. The lowest BCUT2D eigenvalue weighted by Gasteiger charge is -2.37. The smallest absolute Gasteiger partial charge is 0.334 e. The number of benzene rings is 1. The average molecular weight is 334 g/mol. The van der Waals surface area contributed by atoms with E-state index >= 15 is 0 Å². The monoisotopic (exact) mass is 334 g/mol. The Hall–Kier alpha value is -1.99. The van der Waals surface area contributed by atoms with Gasteiger partial charge in [0, 0.05) is 12.4 Å². The molecule has 7 heteroatoms. The fraction of sp³-hybridized carbons (Fsp3) is 0.353. The first-order valence-electron chi connectivity index (χ1n) is 7.41. The fourth-order valence-corrected chi connectivity index (χ4v) is 1.60. The Morgan fingerprint density at radius 1 is 1.00 bits per heavy atom. The van der Waals surface area contributed by atoms with Gasteiger partial charge in [0.25, 0.3) is 0 Å². The van der Waals surface area contributed by atoms with E-state index in [9.17, 15) is 13.9 Å². The van der Waals surface area contributed by atoms with Crippen molar-refractivity contribution < 1.29 is 23.3 Å². The molecule has 0 amide bonds. The minimum absolute atomic E-state index is 0.0769. The van der Waals surface area contributed by atoms with Crippen LogP contribution in [0.25, 0.3) is 0 Å². The van der Waals surface area contributed by atoms with Crippen LogP contribution >= 0.6 is 0 Å². The number of halogens is 2. The van der Waals surface area contributed by atoms with Crippen molar-refractivity contribution >= 4 is 12.9 Å². The lowest BCUT2D eigenvalue weighted by molar-refractivity contribution is -0.0893. The lowest BCUT2D eigenvalue weighted by atomic mass is 9.82. The van der Waals surface area contributed by atoms with Gasteiger partial charge in [-0.15, -0.1) is 0 Å². The molecule has 0 aliphatic rings. The first kappa shape index (κ1) is 18.4. The maximum atomic E-state index is 14.2. The molecule has 1 radical (unpaired) electrons. The van der Waals surface area contributed by atoms with Gasteiger partial charge in [-0.25, -0.2) is 4.39 Å². The highest BCUT2D eigenvalue weighted by Crippen LogP contribution is 2.26. The SMILES string of the molecule is CC(C)(O)C(C)(C)O[B]c1ccc(Oc2ccncc2)c(F)c1F. The second-order valence-corrected chi connectivity index (χ2v) is 6.37. The number of hydrogen-bond donors (Lipinski definition) is 1. The molecule has 2 aromatic rings. The van der Waals surface area contributed by atoms with Gasteiger partial charge in [-0.2, -0.15) is 4.39 Å². The Bertz CT molecular complexity index is 703. The van der Waals surface area contributed by atoms with Crippen LogP contribution in [-0.4, -0.2) is 28.8 Å². The molecule has 0 saturated heterocycles. The largest absolute Gasteiger partial charge is 0.454 e. The third kappa shape index (κ3) is 4.10. The summed E-state index contributed by atoms with van der Waals surface area (Å²) in [7, 11) is 1.09. The predicted octanol–water partition coefficient (Wildman–Crippen LogP) is 2.96. The van der Waals surface area contributed by atoms with Crippen LogP contribution in [0.1, 0.15) is 27.7 Å². The molecule has 0 saturated carbocycles. The van der Waals surface area contributed by atoms with Crippen molar-refractivity contribution in [3.8, 4) is 11.5 Å². The summed E-state index contributed by atoms with van der Waals surface area (Å²) in [4.78, 5) is 3.82. The molecular weight excluding hydrogens is 315 g/mol. The molecular formula is C17H19BF2NO3. The highest BCUT2D eigenvalue weighted by molar-refractivity contribution is 6.47. The summed E-state index contributed by atoms with van der Waals surface area (Å²) in [6.07, 6.45) is 2.97. The van der Waals surface area contributed by atoms with E-state index in [0.29, 0.717) is 5.75 Å². The van der Waals surface area contributed by atoms with Crippen LogP contribution in [0.5, 0.6) is 11.5 Å². The van der Waals surface area contributed by atoms with E-state index < -0.39 is 22.8 Å². The van der Waals surface area contributed by atoms with Crippen molar-refractivity contribution in [3.05, 3.63) is 48.3 Å². The minimum Gasteiger partial charge on any atom is -0.454 e. The van der Waals surface area contributed by atoms with Gasteiger partial charge in [0.1, 0.15) is 5.75 Å². The molecule has 0 fully saturated rings. The van der Waals surface area contributed by atoms with Crippen molar-refractivity contribution in [2.45, 2.75) is 38.9 Å². The molecule has 0 spiro atoms. The Labute approximate surface area is 140 Å². The van der Waals surface area contributed by atoms with Crippen LogP contribution in [0.3, 0.4) is 0 Å². The molecule has 0 aliphatic heterocycles. The summed E-state index contributed by atoms with van der Waals surface area (Å²) in [6.45, 7) is 6.45. The number of pyridine rings is 1. The number of aliphatic hydroxyl groups is 1. The van der Waals surface area contributed by atoms with Gasteiger partial charge in [0.15, 0.2) is 11.6 Å². The summed E-state index contributed by atoms with van der Waals surface area (Å²) < 4.78 is 39.1. The third-order valence-corrected chi connectivity index (χ3v) is 3.91. The highest BCUT2D eigenvalue weighted by Gasteiger charge is 2.36. The van der Waals surface area contributed by atoms with Crippen LogP contribution in [0, 0.1) is 11.6 Å². The quantitative estimate of drug-likeness (QED) is 0.826.